The Labute approximate surface area is 266 Å². The average Bonchev–Trinajstić information content (AvgIpc) is 3.07. The van der Waals surface area contributed by atoms with Crippen LogP contribution in [0, 0.1) is 13.8 Å². The molecule has 5 aromatic carbocycles. The van der Waals surface area contributed by atoms with E-state index in [4.69, 9.17) is 0 Å². The van der Waals surface area contributed by atoms with Crippen molar-refractivity contribution in [2.24, 2.45) is 0 Å². The van der Waals surface area contributed by atoms with Crippen molar-refractivity contribution in [3.8, 4) is 0 Å². The second-order valence-electron chi connectivity index (χ2n) is 12.2. The highest BCUT2D eigenvalue weighted by Gasteiger charge is 2.11. The highest BCUT2D eigenvalue weighted by Crippen LogP contribution is 2.28. The minimum Gasteiger partial charge on any atom is -0.367 e. The first-order valence-corrected chi connectivity index (χ1v) is 16.3. The van der Waals surface area contributed by atoms with Gasteiger partial charge in [-0.1, -0.05) is 115 Å². The minimum absolute atomic E-state index is 0.360. The standard InChI is InChI=1S/C42H48N2/c1-6-43(30-37-12-8-32(3)9-13-37)41-26-20-36(21-27-41)17-16-35-18-22-39(23-19-35)34(5)40-24-28-42(29-25-40)44(7-2)31-38-14-10-33(4)11-15-38/h8-15,18-29,34H,6-7,16-17,30-31H2,1-5H3. The molecule has 2 nitrogen and oxygen atoms in total. The van der Waals surface area contributed by atoms with Crippen molar-refractivity contribution in [3.05, 3.63) is 166 Å². The van der Waals surface area contributed by atoms with Gasteiger partial charge in [0.1, 0.15) is 0 Å². The zero-order valence-corrected chi connectivity index (χ0v) is 27.3. The number of benzene rings is 5. The van der Waals surface area contributed by atoms with Crippen molar-refractivity contribution in [3.63, 3.8) is 0 Å². The van der Waals surface area contributed by atoms with Crippen molar-refractivity contribution in [1.82, 2.24) is 0 Å². The molecule has 0 bridgehead atoms. The molecule has 0 heterocycles. The second kappa shape index (κ2) is 14.9. The van der Waals surface area contributed by atoms with Crippen molar-refractivity contribution < 1.29 is 0 Å². The fourth-order valence-corrected chi connectivity index (χ4v) is 5.90. The van der Waals surface area contributed by atoms with Crippen LogP contribution in [0.25, 0.3) is 0 Å². The van der Waals surface area contributed by atoms with Gasteiger partial charge in [0.25, 0.3) is 0 Å². The van der Waals surface area contributed by atoms with Gasteiger partial charge in [-0.25, -0.2) is 0 Å². The van der Waals surface area contributed by atoms with Crippen LogP contribution in [0.1, 0.15) is 71.2 Å². The van der Waals surface area contributed by atoms with Gasteiger partial charge in [0.2, 0.25) is 0 Å². The quantitative estimate of drug-likeness (QED) is 0.137. The number of hydrogen-bond acceptors (Lipinski definition) is 2. The Morgan fingerprint density at radius 1 is 0.432 bits per heavy atom. The van der Waals surface area contributed by atoms with E-state index >= 15 is 0 Å². The molecule has 0 amide bonds. The van der Waals surface area contributed by atoms with Gasteiger partial charge in [0, 0.05) is 43.5 Å². The summed E-state index contributed by atoms with van der Waals surface area (Å²) in [4.78, 5) is 4.87. The van der Waals surface area contributed by atoms with Crippen LogP contribution >= 0.6 is 0 Å². The van der Waals surface area contributed by atoms with Gasteiger partial charge < -0.3 is 9.80 Å². The summed E-state index contributed by atoms with van der Waals surface area (Å²) in [5, 5.41) is 0. The second-order valence-corrected chi connectivity index (χ2v) is 12.2. The molecule has 44 heavy (non-hydrogen) atoms. The summed E-state index contributed by atoms with van der Waals surface area (Å²) < 4.78 is 0. The third kappa shape index (κ3) is 8.20. The lowest BCUT2D eigenvalue weighted by molar-refractivity contribution is 0.829. The molecule has 0 aliphatic heterocycles. The normalized spacial score (nSPS) is 11.8. The van der Waals surface area contributed by atoms with Crippen LogP contribution in [-0.4, -0.2) is 13.1 Å². The van der Waals surface area contributed by atoms with Crippen LogP contribution in [0.3, 0.4) is 0 Å². The van der Waals surface area contributed by atoms with Gasteiger partial charge in [-0.3, -0.25) is 0 Å². The topological polar surface area (TPSA) is 6.48 Å². The van der Waals surface area contributed by atoms with E-state index in [2.05, 4.69) is 166 Å². The first-order valence-electron chi connectivity index (χ1n) is 16.3. The molecule has 0 radical (unpaired) electrons. The molecule has 0 aromatic heterocycles. The summed E-state index contributed by atoms with van der Waals surface area (Å²) in [6, 6.07) is 45.3. The summed E-state index contributed by atoms with van der Waals surface area (Å²) in [6.45, 7) is 14.9. The van der Waals surface area contributed by atoms with Crippen LogP contribution in [0.15, 0.2) is 121 Å². The van der Waals surface area contributed by atoms with E-state index in [1.165, 1.54) is 55.9 Å². The molecule has 5 aromatic rings. The lowest BCUT2D eigenvalue weighted by Crippen LogP contribution is -2.21. The van der Waals surface area contributed by atoms with Gasteiger partial charge in [0.15, 0.2) is 0 Å². The lowest BCUT2D eigenvalue weighted by atomic mass is 9.91. The summed E-state index contributed by atoms with van der Waals surface area (Å²) in [5.74, 6) is 0.360. The monoisotopic (exact) mass is 580 g/mol. The first-order chi connectivity index (χ1) is 21.4. The van der Waals surface area contributed by atoms with Gasteiger partial charge in [-0.15, -0.1) is 0 Å². The maximum absolute atomic E-state index is 2.44. The Kier molecular flexibility index (Phi) is 10.6. The van der Waals surface area contributed by atoms with Crippen molar-refractivity contribution in [1.29, 1.82) is 0 Å². The van der Waals surface area contributed by atoms with Crippen molar-refractivity contribution in [2.75, 3.05) is 22.9 Å². The number of hydrogen-bond donors (Lipinski definition) is 0. The number of rotatable bonds is 13. The Morgan fingerprint density at radius 3 is 1.14 bits per heavy atom. The summed E-state index contributed by atoms with van der Waals surface area (Å²) in [7, 11) is 0. The fraction of sp³-hybridized carbons (Fsp3) is 0.286. The van der Waals surface area contributed by atoms with E-state index in [-0.39, 0.29) is 0 Å². The van der Waals surface area contributed by atoms with E-state index < -0.39 is 0 Å². The maximum atomic E-state index is 2.44. The lowest BCUT2D eigenvalue weighted by Gasteiger charge is -2.24. The molecule has 0 spiro atoms. The van der Waals surface area contributed by atoms with Gasteiger partial charge in [-0.05, 0) is 98.2 Å². The Morgan fingerprint density at radius 2 is 0.750 bits per heavy atom. The van der Waals surface area contributed by atoms with Crippen LogP contribution in [0.4, 0.5) is 11.4 Å². The van der Waals surface area contributed by atoms with Gasteiger partial charge in [0.05, 0.1) is 0 Å². The molecule has 1 unspecified atom stereocenters. The number of aryl methyl sites for hydroxylation is 4. The van der Waals surface area contributed by atoms with E-state index in [0.717, 1.165) is 39.0 Å². The summed E-state index contributed by atoms with van der Waals surface area (Å²) >= 11 is 0. The molecular formula is C42H48N2. The Hall–Kier alpha value is -4.30. The summed E-state index contributed by atoms with van der Waals surface area (Å²) in [5.41, 5.74) is 13.4. The molecular weight excluding hydrogens is 532 g/mol. The molecule has 0 saturated carbocycles. The number of anilines is 2. The molecule has 0 N–H and O–H groups in total. The van der Waals surface area contributed by atoms with Crippen LogP contribution in [0.5, 0.6) is 0 Å². The molecule has 0 aliphatic carbocycles. The van der Waals surface area contributed by atoms with Gasteiger partial charge >= 0.3 is 0 Å². The SMILES string of the molecule is CCN(Cc1ccc(C)cc1)c1ccc(CCc2ccc(C(C)c3ccc(N(CC)Cc4ccc(C)cc4)cc3)cc2)cc1. The third-order valence-electron chi connectivity index (χ3n) is 8.99. The first kappa shape index (κ1) is 31.1. The van der Waals surface area contributed by atoms with Crippen LogP contribution in [-0.2, 0) is 25.9 Å². The Bertz CT molecular complexity index is 1570. The molecule has 226 valence electrons. The minimum atomic E-state index is 0.360. The highest BCUT2D eigenvalue weighted by atomic mass is 15.1. The molecule has 0 aliphatic rings. The number of nitrogens with zero attached hydrogens (tertiary/aromatic N) is 2. The van der Waals surface area contributed by atoms with Gasteiger partial charge in [-0.2, -0.15) is 0 Å². The average molecular weight is 581 g/mol. The smallest absolute Gasteiger partial charge is 0.0429 e. The largest absolute Gasteiger partial charge is 0.367 e. The van der Waals surface area contributed by atoms with E-state index in [1.807, 2.05) is 0 Å². The van der Waals surface area contributed by atoms with Crippen molar-refractivity contribution >= 4 is 11.4 Å². The van der Waals surface area contributed by atoms with Crippen molar-refractivity contribution in [2.45, 2.75) is 66.5 Å². The van der Waals surface area contributed by atoms with E-state index in [1.54, 1.807) is 0 Å². The Balaban J connectivity index is 1.14. The predicted octanol–water partition coefficient (Wildman–Crippen LogP) is 10.3. The summed E-state index contributed by atoms with van der Waals surface area (Å²) in [6.07, 6.45) is 2.11. The highest BCUT2D eigenvalue weighted by molar-refractivity contribution is 5.50. The zero-order valence-electron chi connectivity index (χ0n) is 27.3. The molecule has 1 atom stereocenters. The zero-order chi connectivity index (χ0) is 30.9. The molecule has 0 saturated heterocycles. The van der Waals surface area contributed by atoms with Crippen LogP contribution < -0.4 is 9.80 Å². The molecule has 0 fully saturated rings. The van der Waals surface area contributed by atoms with Crippen LogP contribution in [0.2, 0.25) is 0 Å². The fourth-order valence-electron chi connectivity index (χ4n) is 5.90. The predicted molar refractivity (Wildman–Crippen MR) is 190 cm³/mol. The van der Waals surface area contributed by atoms with E-state index in [9.17, 15) is 0 Å². The van der Waals surface area contributed by atoms with E-state index in [0.29, 0.717) is 5.92 Å². The third-order valence-corrected chi connectivity index (χ3v) is 8.99. The molecule has 2 heteroatoms. The molecule has 5 rings (SSSR count). The maximum Gasteiger partial charge on any atom is 0.0429 e.